The Kier molecular flexibility index (Phi) is 7.32. The van der Waals surface area contributed by atoms with Gasteiger partial charge in [-0.05, 0) is 63.3 Å². The monoisotopic (exact) mass is 523 g/mol. The quantitative estimate of drug-likeness (QED) is 0.417. The summed E-state index contributed by atoms with van der Waals surface area (Å²) in [6.07, 6.45) is 5.20. The molecule has 3 aromatic rings. The van der Waals surface area contributed by atoms with Gasteiger partial charge in [0.05, 0.1) is 5.60 Å². The minimum Gasteiger partial charge on any atom is -0.488 e. The molecule has 2 aliphatic rings. The molecule has 0 bridgehead atoms. The highest BCUT2D eigenvalue weighted by molar-refractivity contribution is 6.31. The highest BCUT2D eigenvalue weighted by atomic mass is 35.5. The zero-order valence-electron chi connectivity index (χ0n) is 21.5. The number of rotatable bonds is 6. The number of hydrogen-bond acceptors (Lipinski definition) is 5. The molecule has 1 aliphatic carbocycles. The third-order valence-electron chi connectivity index (χ3n) is 8.36. The van der Waals surface area contributed by atoms with Gasteiger partial charge in [-0.2, -0.15) is 0 Å². The van der Waals surface area contributed by atoms with E-state index >= 15 is 0 Å². The Labute approximate surface area is 222 Å². The largest absolute Gasteiger partial charge is 0.488 e. The van der Waals surface area contributed by atoms with Gasteiger partial charge in [0.25, 0.3) is 0 Å². The van der Waals surface area contributed by atoms with Crippen molar-refractivity contribution in [1.29, 1.82) is 0 Å². The maximum atomic E-state index is 13.0. The van der Waals surface area contributed by atoms with Crippen LogP contribution in [0.5, 0.6) is 5.75 Å². The molecule has 0 unspecified atom stereocenters. The first-order valence-corrected chi connectivity index (χ1v) is 13.6. The van der Waals surface area contributed by atoms with Crippen molar-refractivity contribution in [3.8, 4) is 5.75 Å². The summed E-state index contributed by atoms with van der Waals surface area (Å²) in [6.45, 7) is 5.28. The van der Waals surface area contributed by atoms with E-state index in [4.69, 9.17) is 20.8 Å². The predicted octanol–water partition coefficient (Wildman–Crippen LogP) is 5.73. The summed E-state index contributed by atoms with van der Waals surface area (Å²) in [7, 11) is 0. The molecule has 2 heterocycles. The van der Waals surface area contributed by atoms with Gasteiger partial charge in [-0.3, -0.25) is 4.79 Å². The summed E-state index contributed by atoms with van der Waals surface area (Å²) in [5.74, 6) is 0.820. The van der Waals surface area contributed by atoms with E-state index in [1.54, 1.807) is 0 Å². The van der Waals surface area contributed by atoms with E-state index in [1.165, 1.54) is 0 Å². The van der Waals surface area contributed by atoms with Crippen LogP contribution in [0, 0.1) is 19.8 Å². The SMILES string of the molecule is Cc1c(CCC(=O)N2CC[C@]3(O)CCCC[C@H]3C2)c(=O)oc2c(C)c(OCc3ccccc3Cl)ccc12. The lowest BCUT2D eigenvalue weighted by molar-refractivity contribution is -0.143. The Morgan fingerprint density at radius 1 is 1.16 bits per heavy atom. The number of fused-ring (bicyclic) bond motifs is 2. The molecule has 0 spiro atoms. The molecule has 2 fully saturated rings. The highest BCUT2D eigenvalue weighted by Gasteiger charge is 2.43. The van der Waals surface area contributed by atoms with Crippen LogP contribution in [-0.4, -0.2) is 34.6 Å². The molecule has 1 aromatic heterocycles. The number of hydrogen-bond donors (Lipinski definition) is 1. The van der Waals surface area contributed by atoms with Crippen LogP contribution >= 0.6 is 11.6 Å². The molecule has 5 rings (SSSR count). The molecule has 6 nitrogen and oxygen atoms in total. The predicted molar refractivity (Wildman–Crippen MR) is 144 cm³/mol. The zero-order chi connectivity index (χ0) is 26.2. The zero-order valence-corrected chi connectivity index (χ0v) is 22.3. The minimum atomic E-state index is -0.612. The fourth-order valence-electron chi connectivity index (χ4n) is 5.97. The van der Waals surface area contributed by atoms with Crippen LogP contribution in [0.25, 0.3) is 11.0 Å². The number of halogens is 1. The van der Waals surface area contributed by atoms with Crippen LogP contribution in [0.3, 0.4) is 0 Å². The van der Waals surface area contributed by atoms with E-state index in [2.05, 4.69) is 0 Å². The first kappa shape index (κ1) is 25.8. The van der Waals surface area contributed by atoms with E-state index in [1.807, 2.05) is 55.1 Å². The van der Waals surface area contributed by atoms with Gasteiger partial charge in [0.1, 0.15) is 17.9 Å². The number of aliphatic hydroxyl groups is 1. The summed E-state index contributed by atoms with van der Waals surface area (Å²) >= 11 is 6.24. The summed E-state index contributed by atoms with van der Waals surface area (Å²) in [6, 6.07) is 11.3. The second kappa shape index (κ2) is 10.5. The Morgan fingerprint density at radius 3 is 2.78 bits per heavy atom. The number of piperidine rings is 1. The number of likely N-dealkylation sites (tertiary alicyclic amines) is 1. The maximum Gasteiger partial charge on any atom is 0.339 e. The average Bonchev–Trinajstić information content (AvgIpc) is 2.88. The molecule has 37 heavy (non-hydrogen) atoms. The van der Waals surface area contributed by atoms with Crippen LogP contribution < -0.4 is 10.4 Å². The second-order valence-electron chi connectivity index (χ2n) is 10.6. The van der Waals surface area contributed by atoms with Gasteiger partial charge in [-0.25, -0.2) is 4.79 Å². The number of amides is 1. The first-order chi connectivity index (χ1) is 17.8. The third kappa shape index (κ3) is 5.14. The lowest BCUT2D eigenvalue weighted by Crippen LogP contribution is -2.54. The van der Waals surface area contributed by atoms with E-state index < -0.39 is 11.2 Å². The van der Waals surface area contributed by atoms with Crippen molar-refractivity contribution in [1.82, 2.24) is 4.90 Å². The normalized spacial score (nSPS) is 21.6. The van der Waals surface area contributed by atoms with Crippen LogP contribution in [-0.2, 0) is 17.8 Å². The van der Waals surface area contributed by atoms with Crippen LogP contribution in [0.4, 0.5) is 0 Å². The lowest BCUT2D eigenvalue weighted by Gasteiger charge is -2.47. The van der Waals surface area contributed by atoms with E-state index in [0.29, 0.717) is 54.5 Å². The van der Waals surface area contributed by atoms with Crippen molar-refractivity contribution >= 4 is 28.5 Å². The molecule has 1 saturated heterocycles. The van der Waals surface area contributed by atoms with Gasteiger partial charge in [0, 0.05) is 52.5 Å². The molecule has 1 aliphatic heterocycles. The van der Waals surface area contributed by atoms with Gasteiger partial charge in [-0.15, -0.1) is 0 Å². The Balaban J connectivity index is 1.29. The fraction of sp³-hybridized carbons (Fsp3) is 0.467. The third-order valence-corrected chi connectivity index (χ3v) is 8.73. The molecular formula is C30H34ClNO5. The first-order valence-electron chi connectivity index (χ1n) is 13.2. The van der Waals surface area contributed by atoms with Gasteiger partial charge in [0.15, 0.2) is 0 Å². The molecule has 1 amide bonds. The van der Waals surface area contributed by atoms with Crippen molar-refractivity contribution in [3.63, 3.8) is 0 Å². The van der Waals surface area contributed by atoms with Crippen LogP contribution in [0.15, 0.2) is 45.6 Å². The molecular weight excluding hydrogens is 490 g/mol. The number of carbonyl (C=O) groups is 1. The smallest absolute Gasteiger partial charge is 0.339 e. The number of carbonyl (C=O) groups excluding carboxylic acids is 1. The lowest BCUT2D eigenvalue weighted by atomic mass is 9.71. The summed E-state index contributed by atoms with van der Waals surface area (Å²) < 4.78 is 11.8. The van der Waals surface area contributed by atoms with Gasteiger partial charge >= 0.3 is 5.63 Å². The Morgan fingerprint density at radius 2 is 1.97 bits per heavy atom. The highest BCUT2D eigenvalue weighted by Crippen LogP contribution is 2.40. The number of aryl methyl sites for hydroxylation is 2. The Hall–Kier alpha value is -2.83. The van der Waals surface area contributed by atoms with E-state index in [9.17, 15) is 14.7 Å². The van der Waals surface area contributed by atoms with Crippen molar-refractivity contribution in [2.24, 2.45) is 5.92 Å². The summed E-state index contributed by atoms with van der Waals surface area (Å²) in [5, 5.41) is 12.4. The second-order valence-corrected chi connectivity index (χ2v) is 11.0. The summed E-state index contributed by atoms with van der Waals surface area (Å²) in [4.78, 5) is 27.9. The van der Waals surface area contributed by atoms with Gasteiger partial charge < -0.3 is 19.2 Å². The molecule has 2 atom stereocenters. The minimum absolute atomic E-state index is 0.0334. The van der Waals surface area contributed by atoms with E-state index in [0.717, 1.165) is 47.8 Å². The van der Waals surface area contributed by atoms with Crippen molar-refractivity contribution in [2.75, 3.05) is 13.1 Å². The van der Waals surface area contributed by atoms with Gasteiger partial charge in [0.2, 0.25) is 5.91 Å². The van der Waals surface area contributed by atoms with Gasteiger partial charge in [-0.1, -0.05) is 42.6 Å². The molecule has 196 valence electrons. The molecule has 1 N–H and O–H groups in total. The Bertz CT molecular complexity index is 1380. The topological polar surface area (TPSA) is 80.0 Å². The number of nitrogens with zero attached hydrogens (tertiary/aromatic N) is 1. The number of benzene rings is 2. The fourth-order valence-corrected chi connectivity index (χ4v) is 6.16. The average molecular weight is 524 g/mol. The molecule has 0 radical (unpaired) electrons. The summed E-state index contributed by atoms with van der Waals surface area (Å²) in [5.41, 5.74) is 2.48. The van der Waals surface area contributed by atoms with Crippen molar-refractivity contribution in [2.45, 2.75) is 71.0 Å². The van der Waals surface area contributed by atoms with Crippen molar-refractivity contribution < 1.29 is 19.1 Å². The molecule has 1 saturated carbocycles. The van der Waals surface area contributed by atoms with E-state index in [-0.39, 0.29) is 18.2 Å². The standard InChI is InChI=1S/C30H34ClNO5/c1-19-23-10-12-26(36-18-21-7-3-4-9-25(21)31)20(2)28(23)37-29(34)24(19)11-13-27(33)32-16-15-30(35)14-6-5-8-22(30)17-32/h3-4,7,9-10,12,22,35H,5-6,8,11,13-18H2,1-2H3/t22-,30+/m0/s1. The molecule has 2 aromatic carbocycles. The number of ether oxygens (including phenoxy) is 1. The maximum absolute atomic E-state index is 13.0. The molecule has 7 heteroatoms. The van der Waals surface area contributed by atoms with Crippen molar-refractivity contribution in [3.05, 3.63) is 74.1 Å². The van der Waals surface area contributed by atoms with Crippen LogP contribution in [0.1, 0.15) is 60.8 Å². The van der Waals surface area contributed by atoms with Crippen LogP contribution in [0.2, 0.25) is 5.02 Å².